The van der Waals surface area contributed by atoms with Crippen LogP contribution in [0.25, 0.3) is 0 Å². The summed E-state index contributed by atoms with van der Waals surface area (Å²) in [6.07, 6.45) is 1.55. The zero-order valence-electron chi connectivity index (χ0n) is 18.9. The monoisotopic (exact) mass is 635 g/mol. The van der Waals surface area contributed by atoms with Crippen LogP contribution in [-0.4, -0.2) is 58.0 Å². The molecule has 1 heterocycles. The van der Waals surface area contributed by atoms with Crippen molar-refractivity contribution in [3.05, 3.63) is 56.9 Å². The average molecular weight is 637 g/mol. The molecule has 0 radical (unpaired) electrons. The first-order valence-electron chi connectivity index (χ1n) is 10.5. The smallest absolute Gasteiger partial charge is 0.255 e. The molecule has 0 aromatic heterocycles. The SMILES string of the molecule is Cc1ccccc1CNC(=O)[C@H]1N(C(=O)C(O)C(Br)NS(=O)(=O)C2=CC=C(Br)C2)CSC1(C)C. The Kier molecular flexibility index (Phi) is 8.73. The van der Waals surface area contributed by atoms with Gasteiger partial charge in [0.1, 0.15) is 11.0 Å². The molecule has 1 saturated heterocycles. The molecule has 12 heteroatoms. The summed E-state index contributed by atoms with van der Waals surface area (Å²) in [5.74, 6) is -0.879. The van der Waals surface area contributed by atoms with Gasteiger partial charge in [-0.1, -0.05) is 62.2 Å². The van der Waals surface area contributed by atoms with Crippen molar-refractivity contribution in [3.8, 4) is 0 Å². The summed E-state index contributed by atoms with van der Waals surface area (Å²) in [6.45, 7) is 5.99. The minimum absolute atomic E-state index is 0.120. The van der Waals surface area contributed by atoms with Crippen molar-refractivity contribution in [3.63, 3.8) is 0 Å². The third kappa shape index (κ3) is 6.14. The summed E-state index contributed by atoms with van der Waals surface area (Å²) in [6, 6.07) is 6.85. The maximum atomic E-state index is 13.2. The molecule has 8 nitrogen and oxygen atoms in total. The van der Waals surface area contributed by atoms with Gasteiger partial charge in [0.05, 0.1) is 10.8 Å². The third-order valence-corrected chi connectivity index (χ3v) is 10.2. The van der Waals surface area contributed by atoms with Crippen LogP contribution in [0.4, 0.5) is 0 Å². The van der Waals surface area contributed by atoms with Crippen molar-refractivity contribution >= 4 is 65.5 Å². The lowest BCUT2D eigenvalue weighted by molar-refractivity contribution is -0.146. The van der Waals surface area contributed by atoms with Gasteiger partial charge in [-0.2, -0.15) is 4.72 Å². The number of allylic oxidation sites excluding steroid dienone is 4. The van der Waals surface area contributed by atoms with Crippen LogP contribution < -0.4 is 10.0 Å². The van der Waals surface area contributed by atoms with Crippen molar-refractivity contribution < 1.29 is 23.1 Å². The lowest BCUT2D eigenvalue weighted by Crippen LogP contribution is -2.57. The summed E-state index contributed by atoms with van der Waals surface area (Å²) in [4.78, 5) is 26.5. The molecule has 3 atom stereocenters. The second kappa shape index (κ2) is 10.8. The fourth-order valence-electron chi connectivity index (χ4n) is 3.74. The number of alkyl halides is 1. The van der Waals surface area contributed by atoms with E-state index in [9.17, 15) is 23.1 Å². The van der Waals surface area contributed by atoms with Gasteiger partial charge in [-0.3, -0.25) is 9.59 Å². The number of benzene rings is 1. The number of nitrogens with zero attached hydrogens (tertiary/aromatic N) is 1. The van der Waals surface area contributed by atoms with Gasteiger partial charge in [0.25, 0.3) is 5.91 Å². The van der Waals surface area contributed by atoms with Crippen molar-refractivity contribution in [2.24, 2.45) is 0 Å². The van der Waals surface area contributed by atoms with Gasteiger partial charge in [0.15, 0.2) is 6.10 Å². The minimum Gasteiger partial charge on any atom is -0.381 e. The van der Waals surface area contributed by atoms with Crippen molar-refractivity contribution in [1.29, 1.82) is 0 Å². The normalized spacial score (nSPS) is 21.6. The second-order valence-corrected chi connectivity index (χ2v) is 14.0. The Morgan fingerprint density at radius 2 is 1.97 bits per heavy atom. The molecule has 2 unspecified atom stereocenters. The quantitative estimate of drug-likeness (QED) is 0.299. The zero-order chi connectivity index (χ0) is 25.3. The molecular weight excluding hydrogens is 610 g/mol. The maximum Gasteiger partial charge on any atom is 0.255 e. The van der Waals surface area contributed by atoms with E-state index in [0.29, 0.717) is 11.0 Å². The Bertz CT molecular complexity index is 1140. The summed E-state index contributed by atoms with van der Waals surface area (Å²) < 4.78 is 27.6. The zero-order valence-corrected chi connectivity index (χ0v) is 23.7. The number of hydrogen-bond donors (Lipinski definition) is 3. The third-order valence-electron chi connectivity index (χ3n) is 5.73. The molecule has 1 aliphatic heterocycles. The van der Waals surface area contributed by atoms with Crippen LogP contribution in [0.5, 0.6) is 0 Å². The molecule has 1 aromatic carbocycles. The molecule has 34 heavy (non-hydrogen) atoms. The number of aliphatic hydroxyl groups is 1. The highest BCUT2D eigenvalue weighted by molar-refractivity contribution is 9.11. The Labute approximate surface area is 220 Å². The number of aliphatic hydroxyl groups excluding tert-OH is 1. The predicted molar refractivity (Wildman–Crippen MR) is 141 cm³/mol. The molecule has 3 rings (SSSR count). The van der Waals surface area contributed by atoms with Gasteiger partial charge in [0, 0.05) is 22.2 Å². The maximum absolute atomic E-state index is 13.2. The van der Waals surface area contributed by atoms with Crippen LogP contribution in [0.15, 0.2) is 45.8 Å². The van der Waals surface area contributed by atoms with Crippen molar-refractivity contribution in [2.75, 3.05) is 5.88 Å². The van der Waals surface area contributed by atoms with E-state index < -0.39 is 37.8 Å². The Morgan fingerprint density at radius 3 is 2.59 bits per heavy atom. The number of aryl methyl sites for hydroxylation is 1. The fraction of sp³-hybridized carbons (Fsp3) is 0.455. The van der Waals surface area contributed by atoms with E-state index in [2.05, 4.69) is 41.9 Å². The van der Waals surface area contributed by atoms with Crippen LogP contribution in [0.1, 0.15) is 31.4 Å². The fourth-order valence-corrected chi connectivity index (χ4v) is 7.63. The molecule has 1 aromatic rings. The number of nitrogens with one attached hydrogen (secondary N) is 2. The molecule has 3 N–H and O–H groups in total. The molecule has 2 amide bonds. The Balaban J connectivity index is 1.69. The van der Waals surface area contributed by atoms with Gasteiger partial charge >= 0.3 is 0 Å². The van der Waals surface area contributed by atoms with Gasteiger partial charge < -0.3 is 15.3 Å². The Hall–Kier alpha value is -1.18. The molecule has 0 bridgehead atoms. The first-order valence-corrected chi connectivity index (χ1v) is 14.7. The van der Waals surface area contributed by atoms with Crippen LogP contribution >= 0.6 is 43.6 Å². The van der Waals surface area contributed by atoms with Crippen molar-refractivity contribution in [1.82, 2.24) is 14.9 Å². The van der Waals surface area contributed by atoms with E-state index >= 15 is 0 Å². The van der Waals surface area contributed by atoms with Gasteiger partial charge in [-0.05, 0) is 38.0 Å². The van der Waals surface area contributed by atoms with Gasteiger partial charge in [-0.15, -0.1) is 11.8 Å². The lowest BCUT2D eigenvalue weighted by atomic mass is 10.00. The van der Waals surface area contributed by atoms with Gasteiger partial charge in [0.2, 0.25) is 15.9 Å². The summed E-state index contributed by atoms with van der Waals surface area (Å²) in [7, 11) is -3.92. The Morgan fingerprint density at radius 1 is 1.29 bits per heavy atom. The highest BCUT2D eigenvalue weighted by atomic mass is 79.9. The molecule has 0 spiro atoms. The average Bonchev–Trinajstić information content (AvgIpc) is 3.34. The first-order chi connectivity index (χ1) is 15.8. The summed E-state index contributed by atoms with van der Waals surface area (Å²) in [5, 5.41) is 13.6. The van der Waals surface area contributed by atoms with Crippen LogP contribution in [0.2, 0.25) is 0 Å². The highest BCUT2D eigenvalue weighted by Gasteiger charge is 2.49. The minimum atomic E-state index is -3.92. The number of sulfonamides is 1. The predicted octanol–water partition coefficient (Wildman–Crippen LogP) is 2.86. The lowest BCUT2D eigenvalue weighted by Gasteiger charge is -2.32. The van der Waals surface area contributed by atoms with Gasteiger partial charge in [-0.25, -0.2) is 8.42 Å². The molecule has 1 aliphatic carbocycles. The summed E-state index contributed by atoms with van der Waals surface area (Å²) >= 11 is 7.76. The van der Waals surface area contributed by atoms with E-state index in [-0.39, 0.29) is 23.1 Å². The summed E-state index contributed by atoms with van der Waals surface area (Å²) in [5.41, 5.74) is 2.01. The number of hydrogen-bond acceptors (Lipinski definition) is 6. The number of halogens is 2. The van der Waals surface area contributed by atoms with E-state index in [0.717, 1.165) is 11.1 Å². The number of carbonyl (C=O) groups is 2. The largest absolute Gasteiger partial charge is 0.381 e. The highest BCUT2D eigenvalue weighted by Crippen LogP contribution is 2.40. The van der Waals surface area contributed by atoms with Crippen LogP contribution in [0, 0.1) is 6.92 Å². The molecule has 186 valence electrons. The van der Waals surface area contributed by atoms with E-state index in [1.165, 1.54) is 22.7 Å². The van der Waals surface area contributed by atoms with E-state index in [1.54, 1.807) is 6.08 Å². The standard InChI is InChI=1S/C22H27Br2N3O5S2/c1-13-6-4-5-7-14(13)11-25-20(29)18-22(2,3)33-12-27(18)21(30)17(28)19(24)26-34(31,32)16-9-8-15(23)10-16/h4-9,17-19,26,28H,10-12H2,1-3H3,(H,25,29)/t17?,18-,19?/m1/s1. The van der Waals surface area contributed by atoms with E-state index in [4.69, 9.17) is 0 Å². The molecular formula is C22H27Br2N3O5S2. The molecule has 0 saturated carbocycles. The van der Waals surface area contributed by atoms with Crippen LogP contribution in [-0.2, 0) is 26.2 Å². The second-order valence-electron chi connectivity index (χ2n) is 8.62. The number of rotatable bonds is 8. The van der Waals surface area contributed by atoms with Crippen LogP contribution in [0.3, 0.4) is 0 Å². The molecule has 2 aliphatic rings. The topological polar surface area (TPSA) is 116 Å². The number of thioether (sulfide) groups is 1. The van der Waals surface area contributed by atoms with Crippen molar-refractivity contribution in [2.45, 2.75) is 55.6 Å². The number of carbonyl (C=O) groups excluding carboxylic acids is 2. The first kappa shape index (κ1) is 27.4. The van der Waals surface area contributed by atoms with E-state index in [1.807, 2.05) is 45.0 Å². The number of amides is 2. The molecule has 1 fully saturated rings.